The minimum absolute atomic E-state index is 0.0622. The van der Waals surface area contributed by atoms with Crippen LogP contribution < -0.4 is 15.5 Å². The number of anilines is 1. The van der Waals surface area contributed by atoms with Crippen molar-refractivity contribution in [3.8, 4) is 0 Å². The Bertz CT molecular complexity index is 659. The fourth-order valence-electron chi connectivity index (χ4n) is 2.73. The van der Waals surface area contributed by atoms with Crippen LogP contribution in [-0.4, -0.2) is 36.3 Å². The topological polar surface area (TPSA) is 75.3 Å². The molecule has 0 saturated heterocycles. The second kappa shape index (κ2) is 8.01. The smallest absolute Gasteiger partial charge is 0.234 e. The molecule has 7 heteroatoms. The number of aromatic nitrogens is 2. The van der Waals surface area contributed by atoms with Gasteiger partial charge in [0.25, 0.3) is 0 Å². The Kier molecular flexibility index (Phi) is 6.03. The fraction of sp³-hybridized carbons (Fsp3) is 0.529. The second-order valence-corrected chi connectivity index (χ2v) is 6.32. The molecule has 2 rings (SSSR count). The van der Waals surface area contributed by atoms with Gasteiger partial charge in [0, 0.05) is 33.3 Å². The molecule has 2 aromatic heterocycles. The molecule has 0 bridgehead atoms. The van der Waals surface area contributed by atoms with E-state index in [0.717, 1.165) is 22.8 Å². The average Bonchev–Trinajstić information content (AvgIpc) is 3.12. The number of nitrogens with one attached hydrogen (secondary N) is 2. The SMILES string of the molecule is CC(C)c1nn(C)c(N(C)C)c1CNCC(=O)NCc1ccco1. The van der Waals surface area contributed by atoms with Gasteiger partial charge in [0.05, 0.1) is 25.0 Å². The van der Waals surface area contributed by atoms with Crippen molar-refractivity contribution in [1.29, 1.82) is 0 Å². The van der Waals surface area contributed by atoms with Gasteiger partial charge in [-0.15, -0.1) is 0 Å². The minimum Gasteiger partial charge on any atom is -0.467 e. The van der Waals surface area contributed by atoms with Crippen molar-refractivity contribution < 1.29 is 9.21 Å². The summed E-state index contributed by atoms with van der Waals surface area (Å²) in [5, 5.41) is 10.7. The zero-order valence-electron chi connectivity index (χ0n) is 15.1. The summed E-state index contributed by atoms with van der Waals surface area (Å²) in [5.41, 5.74) is 2.20. The van der Waals surface area contributed by atoms with Gasteiger partial charge in [-0.25, -0.2) is 0 Å². The van der Waals surface area contributed by atoms with Crippen molar-refractivity contribution in [1.82, 2.24) is 20.4 Å². The highest BCUT2D eigenvalue weighted by molar-refractivity contribution is 5.77. The number of aryl methyl sites for hydroxylation is 1. The van der Waals surface area contributed by atoms with Crippen molar-refractivity contribution in [2.45, 2.75) is 32.9 Å². The van der Waals surface area contributed by atoms with Crippen LogP contribution in [0.15, 0.2) is 22.8 Å². The Labute approximate surface area is 143 Å². The first-order chi connectivity index (χ1) is 11.4. The van der Waals surface area contributed by atoms with Crippen molar-refractivity contribution >= 4 is 11.7 Å². The number of hydrogen-bond donors (Lipinski definition) is 2. The van der Waals surface area contributed by atoms with Gasteiger partial charge in [-0.3, -0.25) is 9.48 Å². The summed E-state index contributed by atoms with van der Waals surface area (Å²) >= 11 is 0. The molecule has 0 aliphatic rings. The van der Waals surface area contributed by atoms with E-state index in [1.807, 2.05) is 36.8 Å². The largest absolute Gasteiger partial charge is 0.467 e. The summed E-state index contributed by atoms with van der Waals surface area (Å²) in [4.78, 5) is 14.0. The van der Waals surface area contributed by atoms with Crippen LogP contribution in [0, 0.1) is 0 Å². The molecule has 0 aliphatic heterocycles. The summed E-state index contributed by atoms with van der Waals surface area (Å²) in [6.07, 6.45) is 1.60. The molecule has 0 atom stereocenters. The zero-order valence-corrected chi connectivity index (χ0v) is 15.1. The van der Waals surface area contributed by atoms with Crippen LogP contribution in [0.25, 0.3) is 0 Å². The van der Waals surface area contributed by atoms with E-state index in [0.29, 0.717) is 19.0 Å². The maximum Gasteiger partial charge on any atom is 0.234 e. The lowest BCUT2D eigenvalue weighted by Gasteiger charge is -2.16. The molecule has 0 unspecified atom stereocenters. The minimum atomic E-state index is -0.0622. The molecule has 24 heavy (non-hydrogen) atoms. The lowest BCUT2D eigenvalue weighted by atomic mass is 10.1. The van der Waals surface area contributed by atoms with E-state index in [9.17, 15) is 4.79 Å². The first kappa shape index (κ1) is 18.1. The van der Waals surface area contributed by atoms with Gasteiger partial charge in [-0.2, -0.15) is 5.10 Å². The summed E-state index contributed by atoms with van der Waals surface area (Å²) < 4.78 is 7.09. The Hall–Kier alpha value is -2.28. The number of rotatable bonds is 8. The second-order valence-electron chi connectivity index (χ2n) is 6.32. The van der Waals surface area contributed by atoms with Crippen molar-refractivity contribution in [2.24, 2.45) is 7.05 Å². The van der Waals surface area contributed by atoms with Crippen LogP contribution in [0.1, 0.15) is 36.8 Å². The molecule has 132 valence electrons. The van der Waals surface area contributed by atoms with Crippen molar-refractivity contribution in [2.75, 3.05) is 25.5 Å². The van der Waals surface area contributed by atoms with Gasteiger partial charge in [0.1, 0.15) is 11.6 Å². The molecule has 0 spiro atoms. The highest BCUT2D eigenvalue weighted by Gasteiger charge is 2.19. The lowest BCUT2D eigenvalue weighted by Crippen LogP contribution is -2.33. The van der Waals surface area contributed by atoms with Crippen LogP contribution in [0.5, 0.6) is 0 Å². The molecule has 0 fully saturated rings. The van der Waals surface area contributed by atoms with Gasteiger partial charge in [0.2, 0.25) is 5.91 Å². The molecular weight excluding hydrogens is 306 g/mol. The van der Waals surface area contributed by atoms with Gasteiger partial charge >= 0.3 is 0 Å². The molecule has 0 saturated carbocycles. The molecule has 0 aliphatic carbocycles. The molecule has 7 nitrogen and oxygen atoms in total. The van der Waals surface area contributed by atoms with Crippen molar-refractivity contribution in [3.05, 3.63) is 35.4 Å². The Balaban J connectivity index is 1.92. The fourth-order valence-corrected chi connectivity index (χ4v) is 2.73. The highest BCUT2D eigenvalue weighted by atomic mass is 16.3. The summed E-state index contributed by atoms with van der Waals surface area (Å²) in [5.74, 6) is 2.07. The van der Waals surface area contributed by atoms with Gasteiger partial charge < -0.3 is 20.0 Å². The van der Waals surface area contributed by atoms with Crippen LogP contribution in [0.3, 0.4) is 0 Å². The molecule has 2 N–H and O–H groups in total. The maximum atomic E-state index is 11.9. The standard InChI is InChI=1S/C17H27N5O2/c1-12(2)16-14(17(21(3)4)22(5)20-16)10-18-11-15(23)19-9-13-7-6-8-24-13/h6-8,12,18H,9-11H2,1-5H3,(H,19,23). The van der Waals surface area contributed by atoms with Crippen molar-refractivity contribution in [3.63, 3.8) is 0 Å². The molecule has 0 radical (unpaired) electrons. The monoisotopic (exact) mass is 333 g/mol. The van der Waals surface area contributed by atoms with Crippen LogP contribution in [0.4, 0.5) is 5.82 Å². The van der Waals surface area contributed by atoms with Gasteiger partial charge in [-0.1, -0.05) is 13.8 Å². The average molecular weight is 333 g/mol. The molecule has 0 aromatic carbocycles. The number of nitrogens with zero attached hydrogens (tertiary/aromatic N) is 3. The highest BCUT2D eigenvalue weighted by Crippen LogP contribution is 2.26. The normalized spacial score (nSPS) is 11.1. The quantitative estimate of drug-likeness (QED) is 0.768. The van der Waals surface area contributed by atoms with E-state index in [1.54, 1.807) is 12.3 Å². The zero-order chi connectivity index (χ0) is 17.7. The summed E-state index contributed by atoms with van der Waals surface area (Å²) in [6, 6.07) is 3.64. The van der Waals surface area contributed by atoms with Crippen LogP contribution in [-0.2, 0) is 24.9 Å². The number of hydrogen-bond acceptors (Lipinski definition) is 5. The molecule has 2 aromatic rings. The Morgan fingerprint density at radius 2 is 2.12 bits per heavy atom. The molecule has 2 heterocycles. The molecule has 1 amide bonds. The Morgan fingerprint density at radius 1 is 1.38 bits per heavy atom. The number of carbonyl (C=O) groups excluding carboxylic acids is 1. The van der Waals surface area contributed by atoms with Gasteiger partial charge in [0.15, 0.2) is 0 Å². The first-order valence-electron chi connectivity index (χ1n) is 8.13. The predicted octanol–water partition coefficient (Wildman–Crippen LogP) is 1.61. The van der Waals surface area contributed by atoms with E-state index in [2.05, 4.69) is 29.6 Å². The number of amides is 1. The van der Waals surface area contributed by atoms with E-state index >= 15 is 0 Å². The number of carbonyl (C=O) groups is 1. The third-order valence-electron chi connectivity index (χ3n) is 3.74. The molecular formula is C17H27N5O2. The van der Waals surface area contributed by atoms with Gasteiger partial charge in [-0.05, 0) is 18.1 Å². The maximum absolute atomic E-state index is 11.9. The summed E-state index contributed by atoms with van der Waals surface area (Å²) in [6.45, 7) is 5.51. The van der Waals surface area contributed by atoms with E-state index in [4.69, 9.17) is 4.42 Å². The first-order valence-corrected chi connectivity index (χ1v) is 8.13. The predicted molar refractivity (Wildman–Crippen MR) is 93.9 cm³/mol. The lowest BCUT2D eigenvalue weighted by molar-refractivity contribution is -0.120. The van der Waals surface area contributed by atoms with E-state index in [1.165, 1.54) is 0 Å². The third kappa shape index (κ3) is 4.38. The van der Waals surface area contributed by atoms with E-state index in [-0.39, 0.29) is 12.5 Å². The number of furan rings is 1. The van der Waals surface area contributed by atoms with E-state index < -0.39 is 0 Å². The van der Waals surface area contributed by atoms with Crippen LogP contribution in [0.2, 0.25) is 0 Å². The van der Waals surface area contributed by atoms with Crippen LogP contribution >= 0.6 is 0 Å². The summed E-state index contributed by atoms with van der Waals surface area (Å²) in [7, 11) is 5.95. The Morgan fingerprint density at radius 3 is 2.71 bits per heavy atom. The third-order valence-corrected chi connectivity index (χ3v) is 3.74.